The van der Waals surface area contributed by atoms with Crippen LogP contribution in [-0.2, 0) is 89.8 Å². The van der Waals surface area contributed by atoms with E-state index in [4.69, 9.17) is 79.1 Å². The molecule has 8 rings (SSSR count). The summed E-state index contributed by atoms with van der Waals surface area (Å²) >= 11 is 21.8. The average molecular weight is 1600 g/mol. The molecule has 1 unspecified atom stereocenters. The van der Waals surface area contributed by atoms with Gasteiger partial charge in [-0.25, -0.2) is 25.3 Å². The van der Waals surface area contributed by atoms with Crippen LogP contribution in [0.15, 0.2) is 159 Å². The van der Waals surface area contributed by atoms with Crippen LogP contribution in [0.1, 0.15) is 79.5 Å². The van der Waals surface area contributed by atoms with Crippen molar-refractivity contribution in [2.45, 2.75) is 112 Å². The monoisotopic (exact) mass is 1600 g/mol. The number of thiophene rings is 1. The Morgan fingerprint density at radius 2 is 0.962 bits per heavy atom. The molecule has 2 atom stereocenters. The van der Waals surface area contributed by atoms with Gasteiger partial charge in [0.15, 0.2) is 0 Å². The maximum atomic E-state index is 13.3. The van der Waals surface area contributed by atoms with Gasteiger partial charge in [-0.15, -0.1) is 31.0 Å². The molecule has 0 aliphatic carbocycles. The number of nitrogens with two attached hydrogens (primary N) is 1. The molecule has 0 bridgehead atoms. The fourth-order valence-corrected chi connectivity index (χ4v) is 15.4. The number of halogens is 3. The van der Waals surface area contributed by atoms with Gasteiger partial charge in [0, 0.05) is 83.3 Å². The molecule has 3 amide bonds. The molecule has 0 spiro atoms. The summed E-state index contributed by atoms with van der Waals surface area (Å²) in [6.07, 6.45) is 19.0. The van der Waals surface area contributed by atoms with Gasteiger partial charge in [-0.3, -0.25) is 19.7 Å². The molecule has 0 radical (unpaired) electrons. The molecule has 2 heterocycles. The van der Waals surface area contributed by atoms with Crippen molar-refractivity contribution in [3.63, 3.8) is 0 Å². The fraction of sp³-hybridized carbons (Fsp3) is 0.364. The summed E-state index contributed by atoms with van der Waals surface area (Å²) in [5.74, 6) is 9.34. The summed E-state index contributed by atoms with van der Waals surface area (Å²) in [6.45, 7) is 11.7. The van der Waals surface area contributed by atoms with Gasteiger partial charge in [-0.05, 0) is 168 Å². The second-order valence-electron chi connectivity index (χ2n) is 24.4. The van der Waals surface area contributed by atoms with Crippen LogP contribution >= 0.6 is 57.9 Å². The Hall–Kier alpha value is -7.66. The van der Waals surface area contributed by atoms with Crippen LogP contribution in [0, 0.1) is 42.9 Å². The summed E-state index contributed by atoms with van der Waals surface area (Å²) in [5.41, 5.74) is 12.2. The number of sulfonamides is 3. The summed E-state index contributed by atoms with van der Waals surface area (Å²) < 4.78 is 97.9. The topological polar surface area (TPSA) is 285 Å². The van der Waals surface area contributed by atoms with E-state index in [1.165, 1.54) is 35.6 Å². The Labute approximate surface area is 648 Å². The van der Waals surface area contributed by atoms with E-state index < -0.39 is 36.1 Å². The highest BCUT2D eigenvalue weighted by atomic mass is 35.5. The van der Waals surface area contributed by atoms with Crippen LogP contribution in [0.3, 0.4) is 0 Å². The Bertz CT molecular complexity index is 4290. The van der Waals surface area contributed by atoms with Gasteiger partial charge in [0.25, 0.3) is 0 Å². The molecule has 106 heavy (non-hydrogen) atoms. The van der Waals surface area contributed by atoms with Crippen LogP contribution in [-0.4, -0.2) is 152 Å². The highest BCUT2D eigenvalue weighted by Gasteiger charge is 2.30. The van der Waals surface area contributed by atoms with E-state index >= 15 is 0 Å². The first-order chi connectivity index (χ1) is 50.7. The molecule has 0 saturated carbocycles. The number of ether oxygens (including phenoxy) is 3. The number of carbonyl (C=O) groups excluding carboxylic acids is 3. The van der Waals surface area contributed by atoms with E-state index in [1.54, 1.807) is 111 Å². The van der Waals surface area contributed by atoms with Crippen molar-refractivity contribution in [2.75, 3.05) is 78.0 Å². The van der Waals surface area contributed by atoms with Gasteiger partial charge in [0.1, 0.15) is 29.2 Å². The van der Waals surface area contributed by atoms with Gasteiger partial charge in [0.05, 0.1) is 66.6 Å². The molecule has 7 aromatic rings. The Morgan fingerprint density at radius 3 is 1.32 bits per heavy atom. The third-order valence-electron chi connectivity index (χ3n) is 16.1. The van der Waals surface area contributed by atoms with Crippen molar-refractivity contribution in [3.8, 4) is 54.3 Å². The van der Waals surface area contributed by atoms with Crippen molar-refractivity contribution in [2.24, 2.45) is 11.7 Å². The van der Waals surface area contributed by atoms with Crippen molar-refractivity contribution in [3.05, 3.63) is 198 Å². The first-order valence-electron chi connectivity index (χ1n) is 34.1. The normalized spacial score (nSPS) is 13.0. The lowest BCUT2D eigenvalue weighted by atomic mass is 10.0. The molecule has 1 saturated heterocycles. The number of rotatable bonds is 38. The molecule has 1 aliphatic heterocycles. The van der Waals surface area contributed by atoms with E-state index in [2.05, 4.69) is 37.2 Å². The molecule has 6 aromatic carbocycles. The van der Waals surface area contributed by atoms with Crippen LogP contribution in [0.25, 0.3) is 0 Å². The number of thioether (sulfide) groups is 1. The molecule has 1 aromatic heterocycles. The van der Waals surface area contributed by atoms with Crippen molar-refractivity contribution >= 4 is 106 Å². The van der Waals surface area contributed by atoms with Crippen molar-refractivity contribution in [1.29, 1.82) is 0 Å². The first kappa shape index (κ1) is 87.3. The molecule has 7 N–H and O–H groups in total. The fourth-order valence-electron chi connectivity index (χ4n) is 10.3. The maximum absolute atomic E-state index is 13.3. The minimum Gasteiger partial charge on any atom is -0.493 e. The Kier molecular flexibility index (Phi) is 36.7. The van der Waals surface area contributed by atoms with E-state index in [-0.39, 0.29) is 89.5 Å². The Balaban J connectivity index is 0.000000249. The number of hydrogen-bond acceptors (Lipinski definition) is 17. The third-order valence-corrected chi connectivity index (χ3v) is 22.9. The van der Waals surface area contributed by atoms with Crippen molar-refractivity contribution < 1.29 is 59.0 Å². The van der Waals surface area contributed by atoms with E-state index in [1.807, 2.05) is 62.7 Å². The number of aliphatic hydroxyl groups excluding tert-OH is 1. The predicted molar refractivity (Wildman–Crippen MR) is 422 cm³/mol. The molecule has 1 fully saturated rings. The van der Waals surface area contributed by atoms with E-state index in [0.717, 1.165) is 69.8 Å². The Morgan fingerprint density at radius 1 is 0.575 bits per heavy atom. The predicted octanol–water partition coefficient (Wildman–Crippen LogP) is 10.4. The highest BCUT2D eigenvalue weighted by Crippen LogP contribution is 2.30. The molecular formula is C77H91Cl3N8O13S5. The van der Waals surface area contributed by atoms with Crippen LogP contribution in [0.4, 0.5) is 0 Å². The van der Waals surface area contributed by atoms with Gasteiger partial charge in [-0.2, -0.15) is 25.5 Å². The second kappa shape index (κ2) is 44.6. The largest absolute Gasteiger partial charge is 0.493 e. The summed E-state index contributed by atoms with van der Waals surface area (Å²) in [6, 6.07) is 36.9. The van der Waals surface area contributed by atoms with Gasteiger partial charge in [-0.1, -0.05) is 117 Å². The van der Waals surface area contributed by atoms with Gasteiger partial charge in [0.2, 0.25) is 47.8 Å². The standard InChI is InChI=1S/C26H34ClN3O4S.C26H27ClN2O5S2.C25H30ClN3O4S2/c1-5-14-29-35(32,33)23-10-7-20(8-11-23)13-15-30(26(31)25(28)19(3)4)18-21-17-22(27)9-12-24(21)34-16-6-2;1-2-11-28-36(32,33)24-6-3-20(4-7-24)9-12-29(26(31)16-21-10-15-35-19-21)18-22-17-23(27)5-8-25(22)34-14-13-30;1-3-12-28-35(31,32)22-8-5-19(6-9-22)11-14-29(25(30)24-27-13-16-34-24)18-20-17-21(26)7-10-23(20)33-15-4-2/h1,7-12,17,19,25,29H,6,13-16,18,28H2,2-4H3;1,3-8,10,15,17,19,28,30H,9,11-14,16,18H2;1,5-10,17,24,27-28H,4,11-16,18H2,2H3/t;;24-/m..0/s1. The first-order valence-corrected chi connectivity index (χ1v) is 41.7. The zero-order valence-corrected chi connectivity index (χ0v) is 66.0. The molecule has 1 aliphatic rings. The van der Waals surface area contributed by atoms with E-state index in [0.29, 0.717) is 91.8 Å². The van der Waals surface area contributed by atoms with Gasteiger partial charge < -0.3 is 39.8 Å². The minimum absolute atomic E-state index is 0.00611. The lowest BCUT2D eigenvalue weighted by Gasteiger charge is -2.28. The lowest BCUT2D eigenvalue weighted by Crippen LogP contribution is -2.46. The van der Waals surface area contributed by atoms with Crippen LogP contribution in [0.2, 0.25) is 15.1 Å². The number of hydrogen-bond donors (Lipinski definition) is 6. The van der Waals surface area contributed by atoms with E-state index in [9.17, 15) is 39.6 Å². The highest BCUT2D eigenvalue weighted by molar-refractivity contribution is 8.00. The molecule has 568 valence electrons. The SMILES string of the molecule is C#CCNS(=O)(=O)c1ccc(CCN(Cc2cc(Cl)ccc2OCCC)C(=O)C(N)C(C)C)cc1.C#CCNS(=O)(=O)c1ccc(CCN(Cc2cc(Cl)ccc2OCCC)C(=O)[C@H]2NCCS2)cc1.C#CCNS(=O)(=O)c1ccc(CCN(Cc2cc(Cl)ccc2OCCO)C(=O)Cc2ccsc2)cc1. The smallest absolute Gasteiger partial charge is 0.250 e. The molecular weight excluding hydrogens is 1510 g/mol. The maximum Gasteiger partial charge on any atom is 0.250 e. The number of nitrogens with zero attached hydrogens (tertiary/aromatic N) is 3. The minimum atomic E-state index is -3.67. The zero-order valence-electron chi connectivity index (χ0n) is 59.6. The number of terminal acetylenes is 3. The van der Waals surface area contributed by atoms with Crippen molar-refractivity contribution in [1.82, 2.24) is 34.2 Å². The molecule has 29 heteroatoms. The average Bonchev–Trinajstić information content (AvgIpc) is 0.914. The summed E-state index contributed by atoms with van der Waals surface area (Å²) in [5, 5.41) is 17.6. The summed E-state index contributed by atoms with van der Waals surface area (Å²) in [4.78, 5) is 45.4. The second-order valence-corrected chi connectivity index (χ2v) is 33.0. The number of amides is 3. The summed E-state index contributed by atoms with van der Waals surface area (Å²) in [7, 11) is -11.0. The quantitative estimate of drug-likeness (QED) is 0.0196. The molecule has 21 nitrogen and oxygen atoms in total. The van der Waals surface area contributed by atoms with Crippen LogP contribution < -0.4 is 39.4 Å². The number of benzene rings is 6. The van der Waals surface area contributed by atoms with Gasteiger partial charge >= 0.3 is 0 Å². The van der Waals surface area contributed by atoms with Crippen LogP contribution in [0.5, 0.6) is 17.2 Å². The third kappa shape index (κ3) is 28.5. The number of carbonyl (C=O) groups is 3. The number of aliphatic hydroxyl groups is 1. The lowest BCUT2D eigenvalue weighted by molar-refractivity contribution is -0.134. The zero-order chi connectivity index (χ0) is 77.2. The number of nitrogens with one attached hydrogen (secondary N) is 4.